The highest BCUT2D eigenvalue weighted by Gasteiger charge is 2.37. The van der Waals surface area contributed by atoms with Gasteiger partial charge in [-0.15, -0.1) is 0 Å². The van der Waals surface area contributed by atoms with Gasteiger partial charge in [0.25, 0.3) is 5.56 Å². The van der Waals surface area contributed by atoms with E-state index in [1.54, 1.807) is 11.7 Å². The first-order chi connectivity index (χ1) is 18.2. The van der Waals surface area contributed by atoms with Gasteiger partial charge in [0.05, 0.1) is 26.7 Å². The number of aliphatic hydroxyl groups is 1. The van der Waals surface area contributed by atoms with Crippen LogP contribution in [-0.4, -0.2) is 44.9 Å². The highest BCUT2D eigenvalue weighted by atomic mass is 16.5. The van der Waals surface area contributed by atoms with Crippen LogP contribution in [0.15, 0.2) is 96.1 Å². The van der Waals surface area contributed by atoms with Crippen molar-refractivity contribution in [3.8, 4) is 5.75 Å². The number of ether oxygens (including phenoxy) is 2. The van der Waals surface area contributed by atoms with Gasteiger partial charge in [0.1, 0.15) is 18.0 Å². The fourth-order valence-corrected chi connectivity index (χ4v) is 4.45. The Kier molecular flexibility index (Phi) is 6.98. The lowest BCUT2D eigenvalue weighted by molar-refractivity contribution is 0.0499. The van der Waals surface area contributed by atoms with E-state index in [-0.39, 0.29) is 37.0 Å². The van der Waals surface area contributed by atoms with Gasteiger partial charge < -0.3 is 19.9 Å². The molecule has 0 bridgehead atoms. The van der Waals surface area contributed by atoms with Crippen molar-refractivity contribution < 1.29 is 14.6 Å². The van der Waals surface area contributed by atoms with Gasteiger partial charge in [0, 0.05) is 0 Å². The SMILES string of the molecule is COc1ccc(C(Nc2nc3c(ncn3COCCO)c(=O)[nH]2)(c2ccccc2)c2ccccc2)cc1. The second-order valence-electron chi connectivity index (χ2n) is 8.40. The number of imidazole rings is 1. The molecule has 0 unspecified atom stereocenters. The van der Waals surface area contributed by atoms with E-state index in [4.69, 9.17) is 19.6 Å². The van der Waals surface area contributed by atoms with Crippen molar-refractivity contribution in [1.82, 2.24) is 19.5 Å². The number of aromatic nitrogens is 4. The summed E-state index contributed by atoms with van der Waals surface area (Å²) in [5.41, 5.74) is 2.12. The van der Waals surface area contributed by atoms with Crippen molar-refractivity contribution in [3.05, 3.63) is 118 Å². The molecule has 0 saturated carbocycles. The summed E-state index contributed by atoms with van der Waals surface area (Å²) in [4.78, 5) is 24.8. The minimum atomic E-state index is -0.906. The van der Waals surface area contributed by atoms with E-state index in [9.17, 15) is 4.79 Å². The summed E-state index contributed by atoms with van der Waals surface area (Å²) in [6.45, 7) is 0.163. The molecular weight excluding hydrogens is 470 g/mol. The van der Waals surface area contributed by atoms with Crippen LogP contribution in [0.4, 0.5) is 5.95 Å². The summed E-state index contributed by atoms with van der Waals surface area (Å²) < 4.78 is 12.5. The third-order valence-electron chi connectivity index (χ3n) is 6.18. The number of hydrogen-bond donors (Lipinski definition) is 3. The lowest BCUT2D eigenvalue weighted by atomic mass is 9.77. The third-order valence-corrected chi connectivity index (χ3v) is 6.18. The van der Waals surface area contributed by atoms with Crippen LogP contribution in [0.25, 0.3) is 11.2 Å². The van der Waals surface area contributed by atoms with E-state index in [0.717, 1.165) is 22.4 Å². The van der Waals surface area contributed by atoms with E-state index < -0.39 is 5.54 Å². The van der Waals surface area contributed by atoms with Crippen LogP contribution in [0.1, 0.15) is 16.7 Å². The quantitative estimate of drug-likeness (QED) is 0.200. The molecule has 188 valence electrons. The van der Waals surface area contributed by atoms with Gasteiger partial charge in [-0.1, -0.05) is 72.8 Å². The highest BCUT2D eigenvalue weighted by Crippen LogP contribution is 2.40. The maximum atomic E-state index is 13.0. The van der Waals surface area contributed by atoms with Crippen LogP contribution >= 0.6 is 0 Å². The molecule has 3 N–H and O–H groups in total. The third kappa shape index (κ3) is 4.69. The summed E-state index contributed by atoms with van der Waals surface area (Å²) >= 11 is 0. The van der Waals surface area contributed by atoms with Crippen molar-refractivity contribution in [3.63, 3.8) is 0 Å². The zero-order valence-corrected chi connectivity index (χ0v) is 20.3. The first-order valence-corrected chi connectivity index (χ1v) is 11.8. The molecule has 0 aliphatic rings. The van der Waals surface area contributed by atoms with Crippen molar-refractivity contribution >= 4 is 17.1 Å². The fraction of sp³-hybridized carbons (Fsp3) is 0.179. The highest BCUT2D eigenvalue weighted by molar-refractivity contribution is 5.71. The van der Waals surface area contributed by atoms with Gasteiger partial charge >= 0.3 is 0 Å². The zero-order valence-electron chi connectivity index (χ0n) is 20.3. The summed E-state index contributed by atoms with van der Waals surface area (Å²) in [5, 5.41) is 12.6. The van der Waals surface area contributed by atoms with Crippen LogP contribution in [0.3, 0.4) is 0 Å². The molecule has 5 aromatic rings. The number of anilines is 1. The first kappa shape index (κ1) is 24.2. The van der Waals surface area contributed by atoms with Crippen molar-refractivity contribution in [2.45, 2.75) is 12.3 Å². The molecule has 0 amide bonds. The van der Waals surface area contributed by atoms with Crippen molar-refractivity contribution in [2.24, 2.45) is 0 Å². The fourth-order valence-electron chi connectivity index (χ4n) is 4.45. The first-order valence-electron chi connectivity index (χ1n) is 11.8. The Morgan fingerprint density at radius 1 is 0.946 bits per heavy atom. The molecule has 37 heavy (non-hydrogen) atoms. The molecule has 2 aromatic heterocycles. The minimum Gasteiger partial charge on any atom is -0.497 e. The summed E-state index contributed by atoms with van der Waals surface area (Å²) in [5.74, 6) is 1.00. The minimum absolute atomic E-state index is 0.105. The molecular formula is C28H27N5O4. The van der Waals surface area contributed by atoms with Crippen molar-refractivity contribution in [2.75, 3.05) is 25.6 Å². The number of nitrogens with one attached hydrogen (secondary N) is 2. The number of H-pyrrole nitrogens is 1. The monoisotopic (exact) mass is 497 g/mol. The van der Waals surface area contributed by atoms with Gasteiger partial charge in [-0.25, -0.2) is 4.98 Å². The average Bonchev–Trinajstić information content (AvgIpc) is 3.36. The van der Waals surface area contributed by atoms with Crippen LogP contribution in [0, 0.1) is 0 Å². The lowest BCUT2D eigenvalue weighted by Crippen LogP contribution is -2.39. The predicted molar refractivity (Wildman–Crippen MR) is 141 cm³/mol. The second kappa shape index (κ2) is 10.7. The number of aromatic amines is 1. The molecule has 9 heteroatoms. The molecule has 2 heterocycles. The van der Waals surface area contributed by atoms with Crippen LogP contribution in [0.5, 0.6) is 5.75 Å². The van der Waals surface area contributed by atoms with Crippen molar-refractivity contribution in [1.29, 1.82) is 0 Å². The summed E-state index contributed by atoms with van der Waals surface area (Å²) in [6.07, 6.45) is 1.50. The molecule has 0 saturated heterocycles. The number of hydrogen-bond acceptors (Lipinski definition) is 7. The number of nitrogens with zero attached hydrogens (tertiary/aromatic N) is 3. The van der Waals surface area contributed by atoms with Crippen LogP contribution in [0.2, 0.25) is 0 Å². The van der Waals surface area contributed by atoms with Gasteiger partial charge in [0.2, 0.25) is 5.95 Å². The van der Waals surface area contributed by atoms with E-state index in [2.05, 4.69) is 15.3 Å². The lowest BCUT2D eigenvalue weighted by Gasteiger charge is -2.37. The molecule has 5 rings (SSSR count). The van der Waals surface area contributed by atoms with Gasteiger partial charge in [0.15, 0.2) is 11.2 Å². The van der Waals surface area contributed by atoms with Gasteiger partial charge in [-0.2, -0.15) is 4.98 Å². The largest absolute Gasteiger partial charge is 0.497 e. The normalized spacial score (nSPS) is 11.5. The van der Waals surface area contributed by atoms with Gasteiger partial charge in [-0.3, -0.25) is 14.3 Å². The molecule has 0 fully saturated rings. The smallest absolute Gasteiger partial charge is 0.280 e. The Labute approximate surface area is 213 Å². The van der Waals surface area contributed by atoms with Crippen LogP contribution < -0.4 is 15.6 Å². The summed E-state index contributed by atoms with van der Waals surface area (Å²) in [6, 6.07) is 27.8. The molecule has 0 aliphatic carbocycles. The number of rotatable bonds is 10. The van der Waals surface area contributed by atoms with E-state index in [1.165, 1.54) is 6.33 Å². The van der Waals surface area contributed by atoms with Crippen LogP contribution in [-0.2, 0) is 17.0 Å². The Balaban J connectivity index is 1.71. The summed E-state index contributed by atoms with van der Waals surface area (Å²) in [7, 11) is 1.63. The van der Waals surface area contributed by atoms with E-state index in [1.807, 2.05) is 84.9 Å². The predicted octanol–water partition coefficient (Wildman–Crippen LogP) is 3.50. The Bertz CT molecular complexity index is 1480. The molecule has 9 nitrogen and oxygen atoms in total. The Morgan fingerprint density at radius 3 is 2.16 bits per heavy atom. The maximum absolute atomic E-state index is 13.0. The Hall–Kier alpha value is -4.47. The standard InChI is InChI=1S/C28H27N5O4/c1-36-23-14-12-22(13-15-23)28(20-8-4-2-5-9-20,21-10-6-3-7-11-21)32-27-30-25-24(26(35)31-27)29-18-33(25)19-37-17-16-34/h2-15,18,34H,16-17,19H2,1H3,(H2,30,31,32,35). The molecule has 0 radical (unpaired) electrons. The van der Waals surface area contributed by atoms with Gasteiger partial charge in [-0.05, 0) is 28.8 Å². The molecule has 0 spiro atoms. The number of benzene rings is 3. The van der Waals surface area contributed by atoms with E-state index in [0.29, 0.717) is 5.65 Å². The molecule has 3 aromatic carbocycles. The zero-order chi connectivity index (χ0) is 25.7. The molecule has 0 atom stereocenters. The number of methoxy groups -OCH3 is 1. The van der Waals surface area contributed by atoms with E-state index >= 15 is 0 Å². The number of fused-ring (bicyclic) bond motifs is 1. The second-order valence-corrected chi connectivity index (χ2v) is 8.40. The average molecular weight is 498 g/mol. The Morgan fingerprint density at radius 2 is 1.57 bits per heavy atom. The molecule has 0 aliphatic heterocycles. The maximum Gasteiger partial charge on any atom is 0.280 e. The number of aliphatic hydroxyl groups excluding tert-OH is 1. The topological polar surface area (TPSA) is 114 Å².